The predicted octanol–water partition coefficient (Wildman–Crippen LogP) is 1.70. The van der Waals surface area contributed by atoms with Gasteiger partial charge in [0.1, 0.15) is 0 Å². The van der Waals surface area contributed by atoms with E-state index in [2.05, 4.69) is 9.69 Å². The second kappa shape index (κ2) is 3.74. The Kier molecular flexibility index (Phi) is 2.41. The van der Waals surface area contributed by atoms with Crippen molar-refractivity contribution in [3.63, 3.8) is 0 Å². The Labute approximate surface area is 93.2 Å². The van der Waals surface area contributed by atoms with Gasteiger partial charge in [0, 0.05) is 17.5 Å². The molecule has 1 heterocycles. The number of nitrogens with zero attached hydrogens (tertiary/aromatic N) is 2. The largest absolute Gasteiger partial charge is 0.351 e. The smallest absolute Gasteiger partial charge is 0.317 e. The minimum absolute atomic E-state index is 0.0554. The van der Waals surface area contributed by atoms with Crippen molar-refractivity contribution in [3.8, 4) is 0 Å². The minimum atomic E-state index is -0.751. The van der Waals surface area contributed by atoms with Crippen LogP contribution in [-0.2, 0) is 0 Å². The first-order chi connectivity index (χ1) is 7.58. The van der Waals surface area contributed by atoms with Crippen molar-refractivity contribution >= 4 is 39.2 Å². The summed E-state index contributed by atoms with van der Waals surface area (Å²) in [4.78, 5) is 20.7. The van der Waals surface area contributed by atoms with E-state index in [1.165, 1.54) is 12.1 Å². The van der Waals surface area contributed by atoms with Crippen molar-refractivity contribution in [1.29, 1.82) is 0 Å². The maximum atomic E-state index is 10.7. The Hall–Kier alpha value is -2.22. The van der Waals surface area contributed by atoms with Gasteiger partial charge in [-0.15, -0.1) is 0 Å². The monoisotopic (exact) mass is 238 g/mol. The first-order valence-corrected chi connectivity index (χ1v) is 4.95. The number of carbonyl (C=O) groups excluding carboxylic acids is 1. The molecule has 0 fully saturated rings. The maximum absolute atomic E-state index is 10.7. The molecule has 0 aliphatic rings. The summed E-state index contributed by atoms with van der Waals surface area (Å²) in [7, 11) is 0. The lowest BCUT2D eigenvalue weighted by atomic mass is 10.2. The number of aromatic nitrogens is 1. The zero-order valence-corrected chi connectivity index (χ0v) is 8.65. The van der Waals surface area contributed by atoms with Gasteiger partial charge < -0.3 is 5.73 Å². The van der Waals surface area contributed by atoms with Crippen molar-refractivity contribution < 1.29 is 9.72 Å². The molecular weight excluding hydrogens is 232 g/mol. The van der Waals surface area contributed by atoms with E-state index in [0.717, 1.165) is 16.2 Å². The van der Waals surface area contributed by atoms with E-state index >= 15 is 0 Å². The third-order valence-electron chi connectivity index (χ3n) is 1.91. The van der Waals surface area contributed by atoms with Gasteiger partial charge in [-0.25, -0.2) is 4.79 Å². The molecule has 0 unspecified atom stereocenters. The van der Waals surface area contributed by atoms with Crippen LogP contribution in [0, 0.1) is 10.1 Å². The summed E-state index contributed by atoms with van der Waals surface area (Å²) in [6, 6.07) is 3.56. The van der Waals surface area contributed by atoms with Gasteiger partial charge in [-0.3, -0.25) is 15.4 Å². The van der Waals surface area contributed by atoms with Crippen molar-refractivity contribution in [1.82, 2.24) is 4.37 Å². The average molecular weight is 238 g/mol. The van der Waals surface area contributed by atoms with Gasteiger partial charge in [-0.2, -0.15) is 4.37 Å². The highest BCUT2D eigenvalue weighted by atomic mass is 32.1. The van der Waals surface area contributed by atoms with Gasteiger partial charge >= 0.3 is 6.03 Å². The molecule has 1 aromatic carbocycles. The zero-order valence-electron chi connectivity index (χ0n) is 7.84. The summed E-state index contributed by atoms with van der Waals surface area (Å²) in [6.07, 6.45) is 0. The van der Waals surface area contributed by atoms with Gasteiger partial charge in [0.05, 0.1) is 9.62 Å². The number of hydrogen-bond donors (Lipinski definition) is 2. The summed E-state index contributed by atoms with van der Waals surface area (Å²) < 4.78 is 4.69. The number of nitrogens with one attached hydrogen (secondary N) is 1. The molecule has 3 N–H and O–H groups in total. The highest BCUT2D eigenvalue weighted by Crippen LogP contribution is 2.29. The van der Waals surface area contributed by atoms with Gasteiger partial charge in [0.25, 0.3) is 5.69 Å². The Balaban J connectivity index is 2.55. The summed E-state index contributed by atoms with van der Waals surface area (Å²) in [5.41, 5.74) is 4.90. The van der Waals surface area contributed by atoms with E-state index < -0.39 is 11.0 Å². The normalized spacial score (nSPS) is 10.2. The number of benzene rings is 1. The van der Waals surface area contributed by atoms with E-state index in [9.17, 15) is 14.9 Å². The third kappa shape index (κ3) is 1.77. The van der Waals surface area contributed by atoms with Gasteiger partial charge in [-0.1, -0.05) is 0 Å². The van der Waals surface area contributed by atoms with E-state index in [1.807, 2.05) is 0 Å². The lowest BCUT2D eigenvalue weighted by Crippen LogP contribution is -2.19. The molecule has 7 nitrogen and oxygen atoms in total. The van der Waals surface area contributed by atoms with Crippen LogP contribution in [0.3, 0.4) is 0 Å². The maximum Gasteiger partial charge on any atom is 0.317 e. The van der Waals surface area contributed by atoms with Crippen molar-refractivity contribution in [2.45, 2.75) is 0 Å². The molecule has 82 valence electrons. The minimum Gasteiger partial charge on any atom is -0.351 e. The Morgan fingerprint density at radius 1 is 1.56 bits per heavy atom. The molecule has 0 radical (unpaired) electrons. The standard InChI is InChI=1S/C8H6N4O3S/c9-8(13)10-7-5-3-4(12(14)15)1-2-6(5)16-11-7/h1-3H,(H3,9,10,11,13). The van der Waals surface area contributed by atoms with Crippen LogP contribution in [0.25, 0.3) is 10.1 Å². The summed E-state index contributed by atoms with van der Waals surface area (Å²) in [6.45, 7) is 0. The summed E-state index contributed by atoms with van der Waals surface area (Å²) in [5, 5.41) is 13.4. The van der Waals surface area contributed by atoms with E-state index in [0.29, 0.717) is 5.39 Å². The molecule has 16 heavy (non-hydrogen) atoms. The fourth-order valence-electron chi connectivity index (χ4n) is 1.25. The van der Waals surface area contributed by atoms with E-state index in [-0.39, 0.29) is 11.5 Å². The van der Waals surface area contributed by atoms with E-state index in [4.69, 9.17) is 5.73 Å². The van der Waals surface area contributed by atoms with Crippen LogP contribution in [-0.4, -0.2) is 15.3 Å². The second-order valence-electron chi connectivity index (χ2n) is 2.96. The summed E-state index contributed by atoms with van der Waals surface area (Å²) >= 11 is 1.13. The number of nitrogens with two attached hydrogens (primary N) is 1. The molecule has 2 aromatic rings. The Morgan fingerprint density at radius 2 is 2.31 bits per heavy atom. The molecular formula is C8H6N4O3S. The molecule has 0 aliphatic heterocycles. The molecule has 2 rings (SSSR count). The van der Waals surface area contributed by atoms with Crippen LogP contribution in [0.1, 0.15) is 0 Å². The van der Waals surface area contributed by atoms with Gasteiger partial charge in [0.2, 0.25) is 0 Å². The van der Waals surface area contributed by atoms with Crippen LogP contribution in [0.4, 0.5) is 16.3 Å². The number of fused-ring (bicyclic) bond motifs is 1. The van der Waals surface area contributed by atoms with E-state index in [1.54, 1.807) is 6.07 Å². The van der Waals surface area contributed by atoms with Crippen LogP contribution in [0.5, 0.6) is 0 Å². The molecule has 1 aromatic heterocycles. The van der Waals surface area contributed by atoms with Crippen LogP contribution >= 0.6 is 11.5 Å². The van der Waals surface area contributed by atoms with Crippen molar-refractivity contribution in [3.05, 3.63) is 28.3 Å². The Morgan fingerprint density at radius 3 is 2.94 bits per heavy atom. The topological polar surface area (TPSA) is 111 Å². The number of rotatable bonds is 2. The van der Waals surface area contributed by atoms with Gasteiger partial charge in [-0.05, 0) is 17.6 Å². The SMILES string of the molecule is NC(=O)Nc1nsc2ccc([N+](=O)[O-])cc12. The van der Waals surface area contributed by atoms with Crippen LogP contribution in [0.2, 0.25) is 0 Å². The summed E-state index contributed by atoms with van der Waals surface area (Å²) in [5.74, 6) is 0.246. The molecule has 8 heteroatoms. The van der Waals surface area contributed by atoms with Gasteiger partial charge in [0.15, 0.2) is 5.82 Å². The van der Waals surface area contributed by atoms with Crippen molar-refractivity contribution in [2.24, 2.45) is 5.73 Å². The number of non-ortho nitro benzene ring substituents is 1. The predicted molar refractivity (Wildman–Crippen MR) is 59.5 cm³/mol. The Bertz CT molecular complexity index is 580. The number of urea groups is 1. The number of amides is 2. The number of nitro groups is 1. The number of hydrogen-bond acceptors (Lipinski definition) is 5. The molecule has 0 spiro atoms. The van der Waals surface area contributed by atoms with Crippen LogP contribution < -0.4 is 11.1 Å². The van der Waals surface area contributed by atoms with Crippen LogP contribution in [0.15, 0.2) is 18.2 Å². The number of carbonyl (C=O) groups is 1. The quantitative estimate of drug-likeness (QED) is 0.612. The highest BCUT2D eigenvalue weighted by molar-refractivity contribution is 7.13. The molecule has 0 aliphatic carbocycles. The number of primary amides is 1. The lowest BCUT2D eigenvalue weighted by Gasteiger charge is -1.96. The van der Waals surface area contributed by atoms with Crippen molar-refractivity contribution in [2.75, 3.05) is 5.32 Å². The molecule has 0 saturated carbocycles. The first kappa shape index (κ1) is 10.3. The molecule has 0 atom stereocenters. The molecule has 0 saturated heterocycles. The average Bonchev–Trinajstić information content (AvgIpc) is 2.60. The number of nitro benzene ring substituents is 1. The fourth-order valence-corrected chi connectivity index (χ4v) is 1.96. The molecule has 0 bridgehead atoms. The first-order valence-electron chi connectivity index (χ1n) is 4.18. The zero-order chi connectivity index (χ0) is 11.7. The fraction of sp³-hybridized carbons (Fsp3) is 0. The lowest BCUT2D eigenvalue weighted by molar-refractivity contribution is -0.384. The number of anilines is 1. The molecule has 2 amide bonds. The third-order valence-corrected chi connectivity index (χ3v) is 2.73. The highest BCUT2D eigenvalue weighted by Gasteiger charge is 2.12. The second-order valence-corrected chi connectivity index (χ2v) is 3.76.